The molecule has 0 radical (unpaired) electrons. The highest BCUT2D eigenvalue weighted by molar-refractivity contribution is 5.94. The number of nitrogens with one attached hydrogen (secondary N) is 1. The van der Waals surface area contributed by atoms with E-state index in [0.717, 1.165) is 18.2 Å². The van der Waals surface area contributed by atoms with E-state index in [1.54, 1.807) is 24.0 Å². The van der Waals surface area contributed by atoms with Crippen LogP contribution in [0.15, 0.2) is 42.5 Å². The fourth-order valence-electron chi connectivity index (χ4n) is 3.67. The predicted molar refractivity (Wildman–Crippen MR) is 109 cm³/mol. The van der Waals surface area contributed by atoms with E-state index in [-0.39, 0.29) is 18.2 Å². The molecule has 7 nitrogen and oxygen atoms in total. The number of carbonyl (C=O) groups excluding carboxylic acids is 2. The Labute approximate surface area is 178 Å². The van der Waals surface area contributed by atoms with Crippen LogP contribution >= 0.6 is 0 Å². The van der Waals surface area contributed by atoms with Gasteiger partial charge in [0.1, 0.15) is 18.2 Å². The van der Waals surface area contributed by atoms with Crippen LogP contribution in [0.1, 0.15) is 6.92 Å². The average molecular weight is 431 g/mol. The Morgan fingerprint density at radius 1 is 1.06 bits per heavy atom. The van der Waals surface area contributed by atoms with Crippen molar-refractivity contribution in [1.82, 2.24) is 9.80 Å². The molecule has 0 bridgehead atoms. The minimum atomic E-state index is -0.710. The number of halogens is 2. The van der Waals surface area contributed by atoms with Crippen LogP contribution in [0.5, 0.6) is 11.5 Å². The highest BCUT2D eigenvalue weighted by Gasteiger charge is 2.34. The van der Waals surface area contributed by atoms with Gasteiger partial charge in [0.2, 0.25) is 12.0 Å². The first-order valence-electron chi connectivity index (χ1n) is 10.1. The van der Waals surface area contributed by atoms with Crippen LogP contribution in [0, 0.1) is 11.6 Å². The molecule has 2 aromatic carbocycles. The molecule has 164 valence electrons. The Balaban J connectivity index is 1.30. The highest BCUT2D eigenvalue weighted by Crippen LogP contribution is 2.31. The zero-order valence-corrected chi connectivity index (χ0v) is 17.0. The van der Waals surface area contributed by atoms with Crippen molar-refractivity contribution in [2.45, 2.75) is 19.1 Å². The Hall–Kier alpha value is -3.20. The van der Waals surface area contributed by atoms with Crippen LogP contribution in [0.2, 0.25) is 0 Å². The van der Waals surface area contributed by atoms with Gasteiger partial charge in [-0.2, -0.15) is 0 Å². The molecule has 1 N–H and O–H groups in total. The molecule has 31 heavy (non-hydrogen) atoms. The second-order valence-corrected chi connectivity index (χ2v) is 7.51. The fraction of sp³-hybridized carbons (Fsp3) is 0.364. The molecule has 2 aliphatic heterocycles. The number of rotatable bonds is 4. The first-order chi connectivity index (χ1) is 14.9. The van der Waals surface area contributed by atoms with Crippen molar-refractivity contribution in [2.75, 3.05) is 38.1 Å². The normalized spacial score (nSPS) is 19.6. The third-order valence-electron chi connectivity index (χ3n) is 5.52. The summed E-state index contributed by atoms with van der Waals surface area (Å²) in [6, 6.07) is 9.53. The lowest BCUT2D eigenvalue weighted by Gasteiger charge is -2.39. The lowest BCUT2D eigenvalue weighted by atomic mass is 10.2. The molecule has 2 heterocycles. The maximum absolute atomic E-state index is 13.8. The number of ether oxygens (including phenoxy) is 2. The summed E-state index contributed by atoms with van der Waals surface area (Å²) in [6.45, 7) is 3.62. The quantitative estimate of drug-likeness (QED) is 0.805. The van der Waals surface area contributed by atoms with E-state index in [2.05, 4.69) is 5.32 Å². The van der Waals surface area contributed by atoms with Crippen molar-refractivity contribution in [3.8, 4) is 11.5 Å². The molecule has 1 fully saturated rings. The molecule has 1 saturated heterocycles. The molecule has 2 atom stereocenters. The number of carbonyl (C=O) groups is 2. The predicted octanol–water partition coefficient (Wildman–Crippen LogP) is 2.28. The monoisotopic (exact) mass is 431 g/mol. The summed E-state index contributed by atoms with van der Waals surface area (Å²) in [5.41, 5.74) is -0.194. The van der Waals surface area contributed by atoms with Crippen molar-refractivity contribution in [3.63, 3.8) is 0 Å². The zero-order chi connectivity index (χ0) is 22.0. The Morgan fingerprint density at radius 2 is 1.77 bits per heavy atom. The number of hydrogen-bond donors (Lipinski definition) is 1. The first kappa shape index (κ1) is 21.0. The van der Waals surface area contributed by atoms with Crippen molar-refractivity contribution in [3.05, 3.63) is 54.1 Å². The topological polar surface area (TPSA) is 71.1 Å². The van der Waals surface area contributed by atoms with Gasteiger partial charge in [-0.25, -0.2) is 8.78 Å². The summed E-state index contributed by atoms with van der Waals surface area (Å²) in [5.74, 6) is -0.772. The molecule has 0 aliphatic carbocycles. The van der Waals surface area contributed by atoms with Gasteiger partial charge < -0.3 is 19.7 Å². The standard InChI is InChI=1S/C22H23F2N3O4/c1-14(21(28)25-17-12-15(23)6-7-16(17)24)26-8-10-27(11-9-26)22(29)20-13-30-18-4-2-3-5-19(18)31-20/h2-7,12,14,20H,8-11,13H2,1H3,(H,25,28)/t14-,20-/m1/s1. The van der Waals surface area contributed by atoms with Crippen molar-refractivity contribution in [2.24, 2.45) is 0 Å². The van der Waals surface area contributed by atoms with Crippen molar-refractivity contribution in [1.29, 1.82) is 0 Å². The second kappa shape index (κ2) is 8.89. The van der Waals surface area contributed by atoms with Crippen LogP contribution in [0.4, 0.5) is 14.5 Å². The largest absolute Gasteiger partial charge is 0.485 e. The fourth-order valence-corrected chi connectivity index (χ4v) is 3.67. The average Bonchev–Trinajstić information content (AvgIpc) is 2.80. The van der Waals surface area contributed by atoms with E-state index < -0.39 is 29.7 Å². The van der Waals surface area contributed by atoms with E-state index >= 15 is 0 Å². The Kier molecular flexibility index (Phi) is 6.03. The molecule has 0 aromatic heterocycles. The first-order valence-corrected chi connectivity index (χ1v) is 10.1. The number of hydrogen-bond acceptors (Lipinski definition) is 5. The van der Waals surface area contributed by atoms with Gasteiger partial charge in [-0.1, -0.05) is 12.1 Å². The van der Waals surface area contributed by atoms with Gasteiger partial charge in [0.25, 0.3) is 5.91 Å². The second-order valence-electron chi connectivity index (χ2n) is 7.51. The minimum Gasteiger partial charge on any atom is -0.485 e. The number of nitrogens with zero attached hydrogens (tertiary/aromatic N) is 2. The smallest absolute Gasteiger partial charge is 0.267 e. The van der Waals surface area contributed by atoms with E-state index in [1.165, 1.54) is 0 Å². The maximum Gasteiger partial charge on any atom is 0.267 e. The van der Waals surface area contributed by atoms with Gasteiger partial charge in [-0.15, -0.1) is 0 Å². The highest BCUT2D eigenvalue weighted by atomic mass is 19.1. The summed E-state index contributed by atoms with van der Waals surface area (Å²) >= 11 is 0. The van der Waals surface area contributed by atoms with Gasteiger partial charge in [0.05, 0.1) is 11.7 Å². The van der Waals surface area contributed by atoms with Crippen LogP contribution in [-0.4, -0.2) is 66.5 Å². The summed E-state index contributed by atoms with van der Waals surface area (Å²) in [5, 5.41) is 2.43. The number of benzene rings is 2. The molecule has 9 heteroatoms. The summed E-state index contributed by atoms with van der Waals surface area (Å²) < 4.78 is 38.5. The molecule has 0 spiro atoms. The molecule has 2 aromatic rings. The lowest BCUT2D eigenvalue weighted by Crippen LogP contribution is -2.57. The van der Waals surface area contributed by atoms with Gasteiger partial charge >= 0.3 is 0 Å². The summed E-state index contributed by atoms with van der Waals surface area (Å²) in [7, 11) is 0. The van der Waals surface area contributed by atoms with Crippen LogP contribution in [0.3, 0.4) is 0 Å². The van der Waals surface area contributed by atoms with E-state index in [0.29, 0.717) is 37.7 Å². The minimum absolute atomic E-state index is 0.147. The molecule has 4 rings (SSSR count). The van der Waals surface area contributed by atoms with Crippen molar-refractivity contribution < 1.29 is 27.8 Å². The molecule has 0 unspecified atom stereocenters. The Bertz CT molecular complexity index is 979. The van der Waals surface area contributed by atoms with Gasteiger partial charge in [0, 0.05) is 32.2 Å². The van der Waals surface area contributed by atoms with Crippen molar-refractivity contribution >= 4 is 17.5 Å². The lowest BCUT2D eigenvalue weighted by molar-refractivity contribution is -0.143. The molecule has 0 saturated carbocycles. The van der Waals surface area contributed by atoms with Gasteiger partial charge in [-0.05, 0) is 31.2 Å². The number of fused-ring (bicyclic) bond motifs is 1. The third kappa shape index (κ3) is 4.61. The van der Waals surface area contributed by atoms with E-state index in [9.17, 15) is 18.4 Å². The third-order valence-corrected chi connectivity index (χ3v) is 5.52. The molecular formula is C22H23F2N3O4. The number of amides is 2. The molecule has 2 amide bonds. The number of para-hydroxylation sites is 2. The van der Waals surface area contributed by atoms with E-state index in [1.807, 2.05) is 17.0 Å². The summed E-state index contributed by atoms with van der Waals surface area (Å²) in [4.78, 5) is 28.9. The van der Waals surface area contributed by atoms with Gasteiger partial charge in [0.15, 0.2) is 11.5 Å². The van der Waals surface area contributed by atoms with E-state index in [4.69, 9.17) is 9.47 Å². The van der Waals surface area contributed by atoms with Gasteiger partial charge in [-0.3, -0.25) is 14.5 Å². The number of piperazine rings is 1. The maximum atomic E-state index is 13.8. The van der Waals surface area contributed by atoms with Crippen LogP contribution < -0.4 is 14.8 Å². The van der Waals surface area contributed by atoms with Crippen LogP contribution in [-0.2, 0) is 9.59 Å². The molecule has 2 aliphatic rings. The Morgan fingerprint density at radius 3 is 2.52 bits per heavy atom. The van der Waals surface area contributed by atoms with Crippen LogP contribution in [0.25, 0.3) is 0 Å². The zero-order valence-electron chi connectivity index (χ0n) is 17.0. The molecular weight excluding hydrogens is 408 g/mol. The summed E-state index contributed by atoms with van der Waals surface area (Å²) in [6.07, 6.45) is -0.710. The number of anilines is 1. The SMILES string of the molecule is C[C@H](C(=O)Nc1cc(F)ccc1F)N1CCN(C(=O)[C@H]2COc3ccccc3O2)CC1.